The summed E-state index contributed by atoms with van der Waals surface area (Å²) in [6, 6.07) is 3.99. The van der Waals surface area contributed by atoms with Crippen LogP contribution in [0.15, 0.2) is 22.7 Å². The van der Waals surface area contributed by atoms with E-state index in [1.54, 1.807) is 16.2 Å². The van der Waals surface area contributed by atoms with Crippen LogP contribution in [-0.2, 0) is 9.59 Å². The average molecular weight is 392 g/mol. The van der Waals surface area contributed by atoms with Crippen LogP contribution in [-0.4, -0.2) is 49.8 Å². The monoisotopic (exact) mass is 391 g/mol. The molecule has 9 heteroatoms. The molecule has 1 atom stereocenters. The molecule has 2 amide bonds. The molecule has 7 nitrogen and oxygen atoms in total. The lowest BCUT2D eigenvalue weighted by atomic mass is 10.0. The van der Waals surface area contributed by atoms with Crippen LogP contribution in [0, 0.1) is 0 Å². The Labute approximate surface area is 160 Å². The first-order valence-corrected chi connectivity index (χ1v) is 10.7. The predicted molar refractivity (Wildman–Crippen MR) is 101 cm³/mol. The summed E-state index contributed by atoms with van der Waals surface area (Å²) >= 11 is 3.04. The van der Waals surface area contributed by atoms with Crippen molar-refractivity contribution in [1.82, 2.24) is 19.7 Å². The number of nitrogens with two attached hydrogens (primary N) is 1. The fourth-order valence-corrected chi connectivity index (χ4v) is 4.94. The van der Waals surface area contributed by atoms with Crippen LogP contribution >= 0.6 is 23.1 Å². The van der Waals surface area contributed by atoms with Gasteiger partial charge in [-0.1, -0.05) is 17.8 Å². The zero-order valence-corrected chi connectivity index (χ0v) is 16.0. The van der Waals surface area contributed by atoms with Crippen LogP contribution in [0.3, 0.4) is 0 Å². The van der Waals surface area contributed by atoms with Crippen LogP contribution < -0.4 is 5.73 Å². The first-order valence-electron chi connectivity index (χ1n) is 8.85. The molecule has 0 aromatic carbocycles. The quantitative estimate of drug-likeness (QED) is 0.763. The van der Waals surface area contributed by atoms with Gasteiger partial charge in [0.25, 0.3) is 0 Å². The van der Waals surface area contributed by atoms with Gasteiger partial charge in [0.15, 0.2) is 11.0 Å². The van der Waals surface area contributed by atoms with Crippen molar-refractivity contribution in [3.05, 3.63) is 17.5 Å². The zero-order chi connectivity index (χ0) is 18.1. The smallest absolute Gasteiger partial charge is 0.240 e. The number of thioether (sulfide) groups is 1. The van der Waals surface area contributed by atoms with Crippen LogP contribution in [0.4, 0.5) is 0 Å². The van der Waals surface area contributed by atoms with Crippen molar-refractivity contribution in [3.63, 3.8) is 0 Å². The van der Waals surface area contributed by atoms with Gasteiger partial charge in [-0.2, -0.15) is 0 Å². The summed E-state index contributed by atoms with van der Waals surface area (Å²) in [6.45, 7) is 0.600. The third-order valence-electron chi connectivity index (χ3n) is 4.79. The molecule has 0 spiro atoms. The van der Waals surface area contributed by atoms with Gasteiger partial charge in [0.1, 0.15) is 6.04 Å². The van der Waals surface area contributed by atoms with E-state index in [2.05, 4.69) is 14.8 Å². The number of hydrogen-bond donors (Lipinski definition) is 1. The highest BCUT2D eigenvalue weighted by molar-refractivity contribution is 7.99. The summed E-state index contributed by atoms with van der Waals surface area (Å²) in [6.07, 6.45) is 4.75. The summed E-state index contributed by atoms with van der Waals surface area (Å²) < 4.78 is 2.16. The number of nitrogens with zero attached hydrogens (tertiary/aromatic N) is 4. The second-order valence-corrected chi connectivity index (χ2v) is 8.56. The van der Waals surface area contributed by atoms with Gasteiger partial charge in [0, 0.05) is 12.6 Å². The minimum atomic E-state index is -0.472. The van der Waals surface area contributed by atoms with E-state index in [4.69, 9.17) is 5.73 Å². The van der Waals surface area contributed by atoms with Gasteiger partial charge in [-0.25, -0.2) is 0 Å². The van der Waals surface area contributed by atoms with E-state index in [1.807, 2.05) is 17.5 Å². The molecule has 2 aromatic heterocycles. The Kier molecular flexibility index (Phi) is 4.99. The normalized spacial score (nSPS) is 20.3. The SMILES string of the molecule is NC(=O)[C@H]1CCCCN1C(=O)CSc1nnc(-c2cccs2)n1C1CC1. The predicted octanol–water partition coefficient (Wildman–Crippen LogP) is 2.30. The molecule has 2 aliphatic rings. The molecule has 2 N–H and O–H groups in total. The first-order chi connectivity index (χ1) is 12.6. The van der Waals surface area contributed by atoms with Gasteiger partial charge in [0.2, 0.25) is 11.8 Å². The Hall–Kier alpha value is -1.87. The molecule has 0 bridgehead atoms. The van der Waals surface area contributed by atoms with Gasteiger partial charge >= 0.3 is 0 Å². The van der Waals surface area contributed by atoms with E-state index < -0.39 is 11.9 Å². The molecule has 1 aliphatic heterocycles. The van der Waals surface area contributed by atoms with E-state index in [0.717, 1.165) is 41.5 Å². The maximum absolute atomic E-state index is 12.7. The number of hydrogen-bond acceptors (Lipinski definition) is 6. The highest BCUT2D eigenvalue weighted by Gasteiger charge is 2.33. The molecule has 3 heterocycles. The highest BCUT2D eigenvalue weighted by Crippen LogP contribution is 2.41. The van der Waals surface area contributed by atoms with Crippen LogP contribution in [0.1, 0.15) is 38.1 Å². The summed E-state index contributed by atoms with van der Waals surface area (Å²) in [5.41, 5.74) is 5.47. The van der Waals surface area contributed by atoms with Gasteiger partial charge in [0.05, 0.1) is 10.6 Å². The van der Waals surface area contributed by atoms with Crippen LogP contribution in [0.5, 0.6) is 0 Å². The summed E-state index contributed by atoms with van der Waals surface area (Å²) in [5, 5.41) is 11.5. The number of rotatable bonds is 6. The van der Waals surface area contributed by atoms with Crippen LogP contribution in [0.25, 0.3) is 10.7 Å². The second-order valence-electron chi connectivity index (χ2n) is 6.67. The van der Waals surface area contributed by atoms with E-state index >= 15 is 0 Å². The lowest BCUT2D eigenvalue weighted by molar-refractivity contribution is -0.138. The largest absolute Gasteiger partial charge is 0.368 e. The topological polar surface area (TPSA) is 94.1 Å². The van der Waals surface area contributed by atoms with Gasteiger partial charge in [-0.15, -0.1) is 21.5 Å². The standard InChI is InChI=1S/C17H21N5O2S2/c18-15(24)12-4-1-2-8-21(12)14(23)10-26-17-20-19-16(13-5-3-9-25-13)22(17)11-6-7-11/h3,5,9,11-12H,1-2,4,6-8,10H2,(H2,18,24)/t12-/m1/s1. The molecule has 138 valence electrons. The molecule has 2 aromatic rings. The third-order valence-corrected chi connectivity index (χ3v) is 6.59. The third kappa shape index (κ3) is 3.50. The van der Waals surface area contributed by atoms with E-state index in [9.17, 15) is 9.59 Å². The molecule has 1 saturated heterocycles. The number of amides is 2. The van der Waals surface area contributed by atoms with Crippen LogP contribution in [0.2, 0.25) is 0 Å². The van der Waals surface area contributed by atoms with Gasteiger partial charge in [-0.3, -0.25) is 14.2 Å². The number of aromatic nitrogens is 3. The van der Waals surface area contributed by atoms with Crippen molar-refractivity contribution in [1.29, 1.82) is 0 Å². The molecular weight excluding hydrogens is 370 g/mol. The summed E-state index contributed by atoms with van der Waals surface area (Å²) in [4.78, 5) is 27.0. The Bertz CT molecular complexity index is 800. The Morgan fingerprint density at radius 1 is 1.27 bits per heavy atom. The van der Waals surface area contributed by atoms with Crippen molar-refractivity contribution in [2.24, 2.45) is 5.73 Å². The molecule has 1 aliphatic carbocycles. The number of primary amides is 1. The molecule has 1 saturated carbocycles. The fraction of sp³-hybridized carbons (Fsp3) is 0.529. The van der Waals surface area contributed by atoms with Crippen molar-refractivity contribution >= 4 is 34.9 Å². The number of carbonyl (C=O) groups is 2. The van der Waals surface area contributed by atoms with Crippen molar-refractivity contribution in [3.8, 4) is 10.7 Å². The average Bonchev–Trinajstić information content (AvgIpc) is 3.17. The molecule has 2 fully saturated rings. The maximum Gasteiger partial charge on any atom is 0.240 e. The number of piperidine rings is 1. The minimum absolute atomic E-state index is 0.0541. The van der Waals surface area contributed by atoms with E-state index in [1.165, 1.54) is 11.8 Å². The van der Waals surface area contributed by atoms with Crippen molar-refractivity contribution in [2.75, 3.05) is 12.3 Å². The molecular formula is C17H21N5O2S2. The molecule has 0 radical (unpaired) electrons. The molecule has 0 unspecified atom stereocenters. The number of thiophene rings is 1. The Morgan fingerprint density at radius 2 is 2.12 bits per heavy atom. The zero-order valence-electron chi connectivity index (χ0n) is 14.3. The van der Waals surface area contributed by atoms with Gasteiger partial charge in [-0.05, 0) is 43.6 Å². The maximum atomic E-state index is 12.7. The number of carbonyl (C=O) groups excluding carboxylic acids is 2. The fourth-order valence-electron chi connectivity index (χ4n) is 3.35. The first kappa shape index (κ1) is 17.5. The van der Waals surface area contributed by atoms with E-state index in [0.29, 0.717) is 19.0 Å². The van der Waals surface area contributed by atoms with Crippen molar-refractivity contribution in [2.45, 2.75) is 49.3 Å². The summed E-state index contributed by atoms with van der Waals surface area (Å²) in [7, 11) is 0. The molecule has 4 rings (SSSR count). The second kappa shape index (κ2) is 7.40. The molecule has 26 heavy (non-hydrogen) atoms. The highest BCUT2D eigenvalue weighted by atomic mass is 32.2. The number of likely N-dealkylation sites (tertiary alicyclic amines) is 1. The Morgan fingerprint density at radius 3 is 2.81 bits per heavy atom. The van der Waals surface area contributed by atoms with E-state index in [-0.39, 0.29) is 11.7 Å². The summed E-state index contributed by atoms with van der Waals surface area (Å²) in [5.74, 6) is 0.662. The lowest BCUT2D eigenvalue weighted by Crippen LogP contribution is -2.51. The van der Waals surface area contributed by atoms with Crippen molar-refractivity contribution < 1.29 is 9.59 Å². The van der Waals surface area contributed by atoms with Gasteiger partial charge < -0.3 is 10.6 Å². The Balaban J connectivity index is 1.48. The minimum Gasteiger partial charge on any atom is -0.368 e. The lowest BCUT2D eigenvalue weighted by Gasteiger charge is -2.33.